The van der Waals surface area contributed by atoms with Gasteiger partial charge in [0.1, 0.15) is 10.6 Å². The number of hydrogen-bond donors (Lipinski definition) is 2. The first kappa shape index (κ1) is 29.6. The molecule has 0 aromatic heterocycles. The summed E-state index contributed by atoms with van der Waals surface area (Å²) in [6.07, 6.45) is 1.01. The molecular weight excluding hydrogens is 598 g/mol. The van der Waals surface area contributed by atoms with Gasteiger partial charge in [0.15, 0.2) is 0 Å². The average molecular weight is 626 g/mol. The second-order valence-electron chi connectivity index (χ2n) is 9.58. The van der Waals surface area contributed by atoms with Crippen LogP contribution in [0.15, 0.2) is 101 Å². The number of fused-ring (bicyclic) bond motifs is 1. The third-order valence-electron chi connectivity index (χ3n) is 6.86. The van der Waals surface area contributed by atoms with E-state index in [0.717, 1.165) is 11.1 Å². The van der Waals surface area contributed by atoms with Gasteiger partial charge in [-0.05, 0) is 78.6 Å². The molecule has 0 atom stereocenters. The number of rotatable bonds is 10. The summed E-state index contributed by atoms with van der Waals surface area (Å²) < 4.78 is 62.1. The van der Waals surface area contributed by atoms with Gasteiger partial charge in [0.25, 0.3) is 15.9 Å². The van der Waals surface area contributed by atoms with E-state index in [1.165, 1.54) is 53.9 Å². The topological polar surface area (TPSA) is 122 Å². The Morgan fingerprint density at radius 2 is 1.67 bits per heavy atom. The van der Waals surface area contributed by atoms with Crippen LogP contribution in [-0.4, -0.2) is 42.9 Å². The number of halogens is 1. The largest absolute Gasteiger partial charge is 0.495 e. The highest BCUT2D eigenvalue weighted by Gasteiger charge is 2.31. The summed E-state index contributed by atoms with van der Waals surface area (Å²) in [6.45, 7) is 0.422. The fourth-order valence-electron chi connectivity index (χ4n) is 4.69. The summed E-state index contributed by atoms with van der Waals surface area (Å²) in [4.78, 5) is 13.2. The fourth-order valence-corrected chi connectivity index (χ4v) is 7.54. The molecule has 0 spiro atoms. The maximum atomic E-state index is 13.3. The molecule has 0 radical (unpaired) electrons. The molecule has 218 valence electrons. The molecule has 4 aromatic carbocycles. The van der Waals surface area contributed by atoms with E-state index in [4.69, 9.17) is 16.3 Å². The number of methoxy groups -OCH3 is 1. The molecule has 1 amide bonds. The van der Waals surface area contributed by atoms with Crippen LogP contribution in [0.25, 0.3) is 0 Å². The third kappa shape index (κ3) is 6.29. The number of anilines is 2. The number of hydrogen-bond acceptors (Lipinski definition) is 6. The van der Waals surface area contributed by atoms with Crippen molar-refractivity contribution in [2.24, 2.45) is 0 Å². The van der Waals surface area contributed by atoms with Crippen molar-refractivity contribution in [3.05, 3.63) is 113 Å². The predicted molar refractivity (Wildman–Crippen MR) is 162 cm³/mol. The van der Waals surface area contributed by atoms with E-state index < -0.39 is 26.0 Å². The Balaban J connectivity index is 1.35. The summed E-state index contributed by atoms with van der Waals surface area (Å²) in [6, 6.07) is 24.6. The minimum absolute atomic E-state index is 0.0883. The van der Waals surface area contributed by atoms with Crippen LogP contribution in [0.2, 0.25) is 5.02 Å². The van der Waals surface area contributed by atoms with Gasteiger partial charge in [-0.2, -0.15) is 0 Å². The molecule has 1 aliphatic heterocycles. The van der Waals surface area contributed by atoms with Crippen molar-refractivity contribution >= 4 is 48.9 Å². The molecule has 0 saturated carbocycles. The van der Waals surface area contributed by atoms with Crippen LogP contribution in [0.1, 0.15) is 21.5 Å². The zero-order valence-corrected chi connectivity index (χ0v) is 25.0. The van der Waals surface area contributed by atoms with Gasteiger partial charge in [0, 0.05) is 29.4 Å². The van der Waals surface area contributed by atoms with E-state index >= 15 is 0 Å². The molecule has 1 heterocycles. The van der Waals surface area contributed by atoms with Crippen LogP contribution < -0.4 is 19.1 Å². The van der Waals surface area contributed by atoms with E-state index in [-0.39, 0.29) is 34.2 Å². The summed E-state index contributed by atoms with van der Waals surface area (Å²) in [5, 5.41) is 3.18. The first-order valence-electron chi connectivity index (χ1n) is 13.0. The number of nitrogens with one attached hydrogen (secondary N) is 2. The molecule has 0 unspecified atom stereocenters. The number of ether oxygens (including phenoxy) is 1. The van der Waals surface area contributed by atoms with Crippen molar-refractivity contribution in [2.45, 2.75) is 22.6 Å². The van der Waals surface area contributed by atoms with Crippen molar-refractivity contribution in [3.63, 3.8) is 0 Å². The maximum Gasteiger partial charge on any atom is 0.264 e. The SMILES string of the molecule is COc1ccc(C(=O)Nc2ccc3c(c2)N(S(=O)(=O)c2ccc(Cl)cc2)CC3)cc1S(=O)(=O)NCCc1ccccc1. The smallest absolute Gasteiger partial charge is 0.264 e. The van der Waals surface area contributed by atoms with Gasteiger partial charge in [0.05, 0.1) is 17.7 Å². The molecule has 0 saturated heterocycles. The Bertz CT molecular complexity index is 1830. The van der Waals surface area contributed by atoms with Crippen LogP contribution in [0.4, 0.5) is 11.4 Å². The molecular formula is C30H28ClN3O6S2. The van der Waals surface area contributed by atoms with Gasteiger partial charge in [-0.15, -0.1) is 0 Å². The highest BCUT2D eigenvalue weighted by molar-refractivity contribution is 7.92. The van der Waals surface area contributed by atoms with Gasteiger partial charge in [-0.25, -0.2) is 21.6 Å². The molecule has 0 fully saturated rings. The van der Waals surface area contributed by atoms with Crippen molar-refractivity contribution in [1.82, 2.24) is 4.72 Å². The van der Waals surface area contributed by atoms with Crippen molar-refractivity contribution in [2.75, 3.05) is 29.8 Å². The molecule has 12 heteroatoms. The fraction of sp³-hybridized carbons (Fsp3) is 0.167. The zero-order chi connectivity index (χ0) is 29.9. The predicted octanol–water partition coefficient (Wildman–Crippen LogP) is 4.87. The molecule has 5 rings (SSSR count). The number of sulfonamides is 2. The molecule has 0 aliphatic carbocycles. The lowest BCUT2D eigenvalue weighted by Gasteiger charge is -2.20. The van der Waals surface area contributed by atoms with Crippen molar-refractivity contribution in [1.29, 1.82) is 0 Å². The molecule has 9 nitrogen and oxygen atoms in total. The van der Waals surface area contributed by atoms with Crippen molar-refractivity contribution in [3.8, 4) is 5.75 Å². The van der Waals surface area contributed by atoms with Gasteiger partial charge < -0.3 is 10.1 Å². The van der Waals surface area contributed by atoms with Crippen LogP contribution in [-0.2, 0) is 32.9 Å². The Morgan fingerprint density at radius 3 is 2.38 bits per heavy atom. The zero-order valence-electron chi connectivity index (χ0n) is 22.6. The normalized spacial score (nSPS) is 13.0. The van der Waals surface area contributed by atoms with E-state index in [0.29, 0.717) is 29.2 Å². The first-order chi connectivity index (χ1) is 20.1. The maximum absolute atomic E-state index is 13.3. The highest BCUT2D eigenvalue weighted by atomic mass is 35.5. The van der Waals surface area contributed by atoms with E-state index in [1.54, 1.807) is 18.2 Å². The van der Waals surface area contributed by atoms with E-state index in [1.807, 2.05) is 30.3 Å². The van der Waals surface area contributed by atoms with Crippen molar-refractivity contribution < 1.29 is 26.4 Å². The van der Waals surface area contributed by atoms with Crippen LogP contribution >= 0.6 is 11.6 Å². The monoisotopic (exact) mass is 625 g/mol. The lowest BCUT2D eigenvalue weighted by atomic mass is 10.1. The Kier molecular flexibility index (Phi) is 8.55. The quantitative estimate of drug-likeness (QED) is 0.259. The summed E-state index contributed by atoms with van der Waals surface area (Å²) in [5.41, 5.74) is 2.71. The van der Waals surface area contributed by atoms with Crippen LogP contribution in [0.5, 0.6) is 5.75 Å². The van der Waals surface area contributed by atoms with Gasteiger partial charge in [-0.3, -0.25) is 9.10 Å². The number of amides is 1. The molecule has 4 aromatic rings. The van der Waals surface area contributed by atoms with E-state index in [9.17, 15) is 21.6 Å². The second-order valence-corrected chi connectivity index (χ2v) is 13.6. The van der Waals surface area contributed by atoms with Gasteiger partial charge >= 0.3 is 0 Å². The molecule has 42 heavy (non-hydrogen) atoms. The summed E-state index contributed by atoms with van der Waals surface area (Å²) in [7, 11) is -6.49. The minimum atomic E-state index is -4.00. The molecule has 2 N–H and O–H groups in total. The van der Waals surface area contributed by atoms with Crippen LogP contribution in [0, 0.1) is 0 Å². The molecule has 1 aliphatic rings. The van der Waals surface area contributed by atoms with Gasteiger partial charge in [-0.1, -0.05) is 48.0 Å². The third-order valence-corrected chi connectivity index (χ3v) is 10.4. The number of carbonyl (C=O) groups is 1. The number of carbonyl (C=O) groups excluding carboxylic acids is 1. The van der Waals surface area contributed by atoms with E-state index in [2.05, 4.69) is 10.0 Å². The number of benzene rings is 4. The lowest BCUT2D eigenvalue weighted by Crippen LogP contribution is -2.29. The lowest BCUT2D eigenvalue weighted by molar-refractivity contribution is 0.102. The standard InChI is InChI=1S/C30H28ClN3O6S2/c1-40-28-14-8-23(19-29(28)41(36,37)32-17-15-21-5-3-2-4-6-21)30(35)33-25-11-7-22-16-18-34(27(22)20-25)42(38,39)26-12-9-24(31)10-13-26/h2-14,19-20,32H,15-18H2,1H3,(H,33,35). The summed E-state index contributed by atoms with van der Waals surface area (Å²) in [5.74, 6) is -0.470. The van der Waals surface area contributed by atoms with Crippen LogP contribution in [0.3, 0.4) is 0 Å². The van der Waals surface area contributed by atoms with Gasteiger partial charge in [0.2, 0.25) is 10.0 Å². The summed E-state index contributed by atoms with van der Waals surface area (Å²) >= 11 is 5.93. The number of nitrogens with zero attached hydrogens (tertiary/aromatic N) is 1. The minimum Gasteiger partial charge on any atom is -0.495 e. The average Bonchev–Trinajstić information content (AvgIpc) is 3.42. The Morgan fingerprint density at radius 1 is 0.929 bits per heavy atom. The highest BCUT2D eigenvalue weighted by Crippen LogP contribution is 2.35. The molecule has 0 bridgehead atoms. The first-order valence-corrected chi connectivity index (χ1v) is 16.3. The second kappa shape index (κ2) is 12.1. The Hall–Kier alpha value is -3.90. The Labute approximate surface area is 250 Å².